The van der Waals surface area contributed by atoms with Crippen molar-refractivity contribution in [2.45, 2.75) is 25.7 Å². The molecule has 14 heavy (non-hydrogen) atoms. The lowest BCUT2D eigenvalue weighted by atomic mass is 9.89. The zero-order valence-electron chi connectivity index (χ0n) is 9.03. The summed E-state index contributed by atoms with van der Waals surface area (Å²) in [5, 5.41) is 7.73. The van der Waals surface area contributed by atoms with Crippen LogP contribution in [0, 0.1) is 5.92 Å². The molecule has 1 saturated heterocycles. The first-order valence-corrected chi connectivity index (χ1v) is 5.51. The zero-order valence-corrected chi connectivity index (χ0v) is 9.03. The van der Waals surface area contributed by atoms with Gasteiger partial charge < -0.3 is 5.32 Å². The van der Waals surface area contributed by atoms with Crippen molar-refractivity contribution in [1.29, 1.82) is 0 Å². The molecule has 0 radical (unpaired) electrons. The molecule has 0 amide bonds. The summed E-state index contributed by atoms with van der Waals surface area (Å²) >= 11 is 0. The van der Waals surface area contributed by atoms with Crippen LogP contribution in [-0.2, 0) is 7.05 Å². The lowest BCUT2D eigenvalue weighted by Crippen LogP contribution is -2.14. The Morgan fingerprint density at radius 3 is 3.07 bits per heavy atom. The molecule has 1 aliphatic heterocycles. The summed E-state index contributed by atoms with van der Waals surface area (Å²) in [4.78, 5) is 0. The first-order valence-electron chi connectivity index (χ1n) is 5.51. The maximum atomic E-state index is 4.24. The summed E-state index contributed by atoms with van der Waals surface area (Å²) in [6.45, 7) is 4.55. The Hall–Kier alpha value is -0.830. The molecule has 2 heterocycles. The lowest BCUT2D eigenvalue weighted by Gasteiger charge is -2.17. The fourth-order valence-corrected chi connectivity index (χ4v) is 2.50. The van der Waals surface area contributed by atoms with Gasteiger partial charge in [0.15, 0.2) is 0 Å². The van der Waals surface area contributed by atoms with Crippen molar-refractivity contribution in [3.8, 4) is 0 Å². The Bertz CT molecular complexity index is 292. The maximum absolute atomic E-state index is 4.24. The third-order valence-electron chi connectivity index (χ3n) is 3.24. The number of aryl methyl sites for hydroxylation is 1. The van der Waals surface area contributed by atoms with Crippen molar-refractivity contribution >= 4 is 0 Å². The monoisotopic (exact) mass is 193 g/mol. The second kappa shape index (κ2) is 4.13. The zero-order chi connectivity index (χ0) is 9.97. The number of hydrogen-bond acceptors (Lipinski definition) is 2. The minimum atomic E-state index is 0.669. The van der Waals surface area contributed by atoms with Gasteiger partial charge in [-0.2, -0.15) is 5.10 Å². The molecule has 1 aliphatic rings. The van der Waals surface area contributed by atoms with Gasteiger partial charge in [0.05, 0.1) is 0 Å². The van der Waals surface area contributed by atoms with Gasteiger partial charge in [-0.3, -0.25) is 4.68 Å². The molecule has 0 spiro atoms. The van der Waals surface area contributed by atoms with Gasteiger partial charge in [0, 0.05) is 31.4 Å². The first-order chi connectivity index (χ1) is 6.83. The van der Waals surface area contributed by atoms with Crippen LogP contribution in [0.1, 0.15) is 31.4 Å². The SMILES string of the molecule is CCC[C@@H]1CNC[C@H]1c1ccnn1C. The van der Waals surface area contributed by atoms with Crippen molar-refractivity contribution in [2.75, 3.05) is 13.1 Å². The van der Waals surface area contributed by atoms with E-state index in [1.165, 1.54) is 25.1 Å². The summed E-state index contributed by atoms with van der Waals surface area (Å²) < 4.78 is 2.01. The molecule has 0 saturated carbocycles. The molecule has 0 unspecified atom stereocenters. The topological polar surface area (TPSA) is 29.9 Å². The van der Waals surface area contributed by atoms with Crippen LogP contribution < -0.4 is 5.32 Å². The number of aromatic nitrogens is 2. The molecule has 3 nitrogen and oxygen atoms in total. The summed E-state index contributed by atoms with van der Waals surface area (Å²) in [5.74, 6) is 1.47. The van der Waals surface area contributed by atoms with Crippen molar-refractivity contribution < 1.29 is 0 Å². The van der Waals surface area contributed by atoms with Crippen LogP contribution >= 0.6 is 0 Å². The highest BCUT2D eigenvalue weighted by Crippen LogP contribution is 2.30. The molecule has 1 fully saturated rings. The average molecular weight is 193 g/mol. The minimum absolute atomic E-state index is 0.669. The van der Waals surface area contributed by atoms with Gasteiger partial charge in [0.25, 0.3) is 0 Å². The molecule has 3 heteroatoms. The molecule has 0 aliphatic carbocycles. The van der Waals surface area contributed by atoms with E-state index in [0.29, 0.717) is 5.92 Å². The van der Waals surface area contributed by atoms with E-state index < -0.39 is 0 Å². The summed E-state index contributed by atoms with van der Waals surface area (Å²) in [6, 6.07) is 2.15. The van der Waals surface area contributed by atoms with Gasteiger partial charge in [0.1, 0.15) is 0 Å². The first kappa shape index (κ1) is 9.71. The van der Waals surface area contributed by atoms with E-state index in [1.807, 2.05) is 17.9 Å². The van der Waals surface area contributed by atoms with Gasteiger partial charge in [0.2, 0.25) is 0 Å². The molecular weight excluding hydrogens is 174 g/mol. The van der Waals surface area contributed by atoms with Crippen LogP contribution in [0.5, 0.6) is 0 Å². The van der Waals surface area contributed by atoms with Crippen LogP contribution in [-0.4, -0.2) is 22.9 Å². The van der Waals surface area contributed by atoms with Crippen LogP contribution in [0.3, 0.4) is 0 Å². The Morgan fingerprint density at radius 2 is 2.43 bits per heavy atom. The van der Waals surface area contributed by atoms with Gasteiger partial charge >= 0.3 is 0 Å². The smallest absolute Gasteiger partial charge is 0.0492 e. The molecule has 0 bridgehead atoms. The molecule has 2 atom stereocenters. The van der Waals surface area contributed by atoms with Gasteiger partial charge in [-0.25, -0.2) is 0 Å². The van der Waals surface area contributed by atoms with Crippen molar-refractivity contribution in [1.82, 2.24) is 15.1 Å². The normalized spacial score (nSPS) is 27.0. The van der Waals surface area contributed by atoms with Crippen molar-refractivity contribution in [2.24, 2.45) is 13.0 Å². The number of hydrogen-bond donors (Lipinski definition) is 1. The minimum Gasteiger partial charge on any atom is -0.316 e. The number of nitrogens with one attached hydrogen (secondary N) is 1. The Labute approximate surface area is 85.5 Å². The van der Waals surface area contributed by atoms with E-state index in [2.05, 4.69) is 23.4 Å². The Kier molecular flexibility index (Phi) is 2.87. The summed E-state index contributed by atoms with van der Waals surface area (Å²) in [6.07, 6.45) is 4.50. The second-order valence-corrected chi connectivity index (χ2v) is 4.19. The highest BCUT2D eigenvalue weighted by molar-refractivity contribution is 5.12. The number of rotatable bonds is 3. The maximum Gasteiger partial charge on any atom is 0.0492 e. The van der Waals surface area contributed by atoms with E-state index in [1.54, 1.807) is 0 Å². The molecular formula is C11H19N3. The van der Waals surface area contributed by atoms with E-state index in [0.717, 1.165) is 12.5 Å². The summed E-state index contributed by atoms with van der Waals surface area (Å²) in [7, 11) is 2.04. The molecule has 1 aromatic heterocycles. The van der Waals surface area contributed by atoms with Gasteiger partial charge in [-0.05, 0) is 24.9 Å². The third kappa shape index (κ3) is 1.69. The fourth-order valence-electron chi connectivity index (χ4n) is 2.50. The largest absolute Gasteiger partial charge is 0.316 e. The average Bonchev–Trinajstić information content (AvgIpc) is 2.74. The quantitative estimate of drug-likeness (QED) is 0.789. The summed E-state index contributed by atoms with van der Waals surface area (Å²) in [5.41, 5.74) is 1.38. The Balaban J connectivity index is 2.13. The predicted octanol–water partition coefficient (Wildman–Crippen LogP) is 1.52. The lowest BCUT2D eigenvalue weighted by molar-refractivity contribution is 0.453. The predicted molar refractivity (Wildman–Crippen MR) is 57.2 cm³/mol. The van der Waals surface area contributed by atoms with Gasteiger partial charge in [-0.15, -0.1) is 0 Å². The standard InChI is InChI=1S/C11H19N3/c1-3-4-9-7-12-8-10(9)11-5-6-13-14(11)2/h5-6,9-10,12H,3-4,7-8H2,1-2H3/t9-,10-/m1/s1. The van der Waals surface area contributed by atoms with Crippen molar-refractivity contribution in [3.63, 3.8) is 0 Å². The van der Waals surface area contributed by atoms with Gasteiger partial charge in [-0.1, -0.05) is 13.3 Å². The van der Waals surface area contributed by atoms with E-state index in [4.69, 9.17) is 0 Å². The third-order valence-corrected chi connectivity index (χ3v) is 3.24. The molecule has 2 rings (SSSR count). The number of nitrogens with zero attached hydrogens (tertiary/aromatic N) is 2. The molecule has 1 aromatic rings. The second-order valence-electron chi connectivity index (χ2n) is 4.19. The highest BCUT2D eigenvalue weighted by atomic mass is 15.3. The van der Waals surface area contributed by atoms with E-state index >= 15 is 0 Å². The van der Waals surface area contributed by atoms with Crippen LogP contribution in [0.4, 0.5) is 0 Å². The fraction of sp³-hybridized carbons (Fsp3) is 0.727. The van der Waals surface area contributed by atoms with Crippen molar-refractivity contribution in [3.05, 3.63) is 18.0 Å². The van der Waals surface area contributed by atoms with E-state index in [-0.39, 0.29) is 0 Å². The Morgan fingerprint density at radius 1 is 1.57 bits per heavy atom. The van der Waals surface area contributed by atoms with Crippen LogP contribution in [0.2, 0.25) is 0 Å². The molecule has 78 valence electrons. The highest BCUT2D eigenvalue weighted by Gasteiger charge is 2.29. The van der Waals surface area contributed by atoms with Crippen LogP contribution in [0.25, 0.3) is 0 Å². The van der Waals surface area contributed by atoms with E-state index in [9.17, 15) is 0 Å². The molecule has 1 N–H and O–H groups in total. The van der Waals surface area contributed by atoms with Crippen LogP contribution in [0.15, 0.2) is 12.3 Å². The molecule has 0 aromatic carbocycles.